The van der Waals surface area contributed by atoms with Crippen molar-refractivity contribution in [3.8, 4) is 0 Å². The lowest BCUT2D eigenvalue weighted by Gasteiger charge is -2.06. The third kappa shape index (κ3) is 3.70. The van der Waals surface area contributed by atoms with Gasteiger partial charge in [0.1, 0.15) is 10.1 Å². The Kier molecular flexibility index (Phi) is 4.15. The molecule has 0 aliphatic rings. The van der Waals surface area contributed by atoms with Crippen molar-refractivity contribution in [3.05, 3.63) is 46.2 Å². The fourth-order valence-electron chi connectivity index (χ4n) is 1.28. The molecule has 2 nitrogen and oxygen atoms in total. The number of hydrogen-bond acceptors (Lipinski definition) is 3. The van der Waals surface area contributed by atoms with Gasteiger partial charge in [-0.1, -0.05) is 11.8 Å². The van der Waals surface area contributed by atoms with Crippen LogP contribution in [-0.2, 0) is 6.18 Å². The maximum absolute atomic E-state index is 12.4. The number of aryl methyl sites for hydroxylation is 1. The molecule has 0 amide bonds. The normalized spacial score (nSPS) is 11.6. The highest BCUT2D eigenvalue weighted by molar-refractivity contribution is 9.10. The van der Waals surface area contributed by atoms with E-state index >= 15 is 0 Å². The van der Waals surface area contributed by atoms with Crippen LogP contribution in [0.25, 0.3) is 0 Å². The number of nitrogens with zero attached hydrogens (tertiary/aromatic N) is 2. The third-order valence-corrected chi connectivity index (χ3v) is 4.01. The quantitative estimate of drug-likeness (QED) is 0.785. The Hall–Kier alpha value is -1.08. The summed E-state index contributed by atoms with van der Waals surface area (Å²) in [5.41, 5.74) is 0.251. The van der Waals surface area contributed by atoms with E-state index in [1.165, 1.54) is 17.8 Å². The van der Waals surface area contributed by atoms with Crippen LogP contribution < -0.4 is 0 Å². The summed E-state index contributed by atoms with van der Waals surface area (Å²) >= 11 is 4.55. The first kappa shape index (κ1) is 14.3. The SMILES string of the molecule is Cc1cc(Sc2ccc(C(F)(F)F)cn2)ncc1Br. The van der Waals surface area contributed by atoms with Gasteiger partial charge in [0.25, 0.3) is 0 Å². The van der Waals surface area contributed by atoms with E-state index in [4.69, 9.17) is 0 Å². The Labute approximate surface area is 120 Å². The molecule has 7 heteroatoms. The Balaban J connectivity index is 2.17. The molecule has 0 radical (unpaired) electrons. The molecule has 0 atom stereocenters. The molecule has 0 aliphatic carbocycles. The molecule has 2 heterocycles. The van der Waals surface area contributed by atoms with Crippen LogP contribution in [0.2, 0.25) is 0 Å². The predicted molar refractivity (Wildman–Crippen MR) is 70.0 cm³/mol. The first-order valence-corrected chi connectivity index (χ1v) is 6.80. The van der Waals surface area contributed by atoms with Crippen molar-refractivity contribution in [1.82, 2.24) is 9.97 Å². The van der Waals surface area contributed by atoms with Crippen LogP contribution in [0.5, 0.6) is 0 Å². The highest BCUT2D eigenvalue weighted by atomic mass is 79.9. The van der Waals surface area contributed by atoms with Gasteiger partial charge in [-0.15, -0.1) is 0 Å². The Morgan fingerprint density at radius 2 is 1.79 bits per heavy atom. The van der Waals surface area contributed by atoms with Gasteiger partial charge in [0.2, 0.25) is 0 Å². The van der Waals surface area contributed by atoms with Crippen molar-refractivity contribution in [2.45, 2.75) is 23.2 Å². The fraction of sp³-hybridized carbons (Fsp3) is 0.167. The maximum atomic E-state index is 12.4. The number of alkyl halides is 3. The average molecular weight is 349 g/mol. The van der Waals surface area contributed by atoms with Gasteiger partial charge in [0.15, 0.2) is 0 Å². The van der Waals surface area contributed by atoms with Gasteiger partial charge in [0, 0.05) is 16.9 Å². The van der Waals surface area contributed by atoms with Crippen LogP contribution in [-0.4, -0.2) is 9.97 Å². The van der Waals surface area contributed by atoms with Crippen LogP contribution in [0, 0.1) is 6.92 Å². The Morgan fingerprint density at radius 3 is 2.32 bits per heavy atom. The number of aromatic nitrogens is 2. The zero-order valence-electron chi connectivity index (χ0n) is 9.70. The number of hydrogen-bond donors (Lipinski definition) is 0. The lowest BCUT2D eigenvalue weighted by Crippen LogP contribution is -2.05. The van der Waals surface area contributed by atoms with Crippen LogP contribution in [0.1, 0.15) is 11.1 Å². The summed E-state index contributed by atoms with van der Waals surface area (Å²) in [6.45, 7) is 1.91. The third-order valence-electron chi connectivity index (χ3n) is 2.29. The molecular formula is C12H8BrF3N2S. The lowest BCUT2D eigenvalue weighted by atomic mass is 10.3. The number of pyridine rings is 2. The van der Waals surface area contributed by atoms with Crippen molar-refractivity contribution in [2.75, 3.05) is 0 Å². The van der Waals surface area contributed by atoms with Crippen molar-refractivity contribution in [1.29, 1.82) is 0 Å². The molecule has 0 spiro atoms. The van der Waals surface area contributed by atoms with Crippen molar-refractivity contribution < 1.29 is 13.2 Å². The van der Waals surface area contributed by atoms with Gasteiger partial charge in [-0.25, -0.2) is 9.97 Å². The molecule has 0 N–H and O–H groups in total. The summed E-state index contributed by atoms with van der Waals surface area (Å²) in [4.78, 5) is 7.94. The zero-order valence-corrected chi connectivity index (χ0v) is 12.1. The van der Waals surface area contributed by atoms with E-state index in [2.05, 4.69) is 25.9 Å². The molecule has 0 saturated heterocycles. The van der Waals surface area contributed by atoms with Crippen LogP contribution in [0.4, 0.5) is 13.2 Å². The van der Waals surface area contributed by atoms with E-state index in [1.807, 2.05) is 13.0 Å². The summed E-state index contributed by atoms with van der Waals surface area (Å²) in [6.07, 6.45) is -1.88. The molecule has 2 aromatic rings. The summed E-state index contributed by atoms with van der Waals surface area (Å²) in [7, 11) is 0. The second-order valence-corrected chi connectivity index (χ2v) is 5.65. The first-order chi connectivity index (χ1) is 8.86. The summed E-state index contributed by atoms with van der Waals surface area (Å²) in [6, 6.07) is 4.20. The van der Waals surface area contributed by atoms with Gasteiger partial charge in [0.05, 0.1) is 5.56 Å². The van der Waals surface area contributed by atoms with E-state index in [-0.39, 0.29) is 0 Å². The van der Waals surface area contributed by atoms with Gasteiger partial charge in [-0.3, -0.25) is 0 Å². The first-order valence-electron chi connectivity index (χ1n) is 5.19. The zero-order chi connectivity index (χ0) is 14.0. The lowest BCUT2D eigenvalue weighted by molar-refractivity contribution is -0.137. The van der Waals surface area contributed by atoms with Gasteiger partial charge in [-0.05, 0) is 46.6 Å². The van der Waals surface area contributed by atoms with E-state index in [9.17, 15) is 13.2 Å². The van der Waals surface area contributed by atoms with E-state index < -0.39 is 11.7 Å². The number of rotatable bonds is 2. The molecule has 2 rings (SSSR count). The maximum Gasteiger partial charge on any atom is 0.417 e. The highest BCUT2D eigenvalue weighted by Gasteiger charge is 2.30. The molecular weight excluding hydrogens is 341 g/mol. The van der Waals surface area contributed by atoms with Crippen molar-refractivity contribution >= 4 is 27.7 Å². The molecule has 19 heavy (non-hydrogen) atoms. The van der Waals surface area contributed by atoms with Gasteiger partial charge >= 0.3 is 6.18 Å². The standard InChI is InChI=1S/C12H8BrF3N2S/c1-7-4-11(18-6-9(7)13)19-10-3-2-8(5-17-10)12(14,15)16/h2-6H,1H3. The molecule has 100 valence electrons. The van der Waals surface area contributed by atoms with E-state index in [1.54, 1.807) is 6.20 Å². The smallest absolute Gasteiger partial charge is 0.249 e. The van der Waals surface area contributed by atoms with Crippen LogP contribution in [0.3, 0.4) is 0 Å². The summed E-state index contributed by atoms with van der Waals surface area (Å²) < 4.78 is 38.0. The molecule has 0 saturated carbocycles. The summed E-state index contributed by atoms with van der Waals surface area (Å²) in [5.74, 6) is 0. The van der Waals surface area contributed by atoms with Crippen LogP contribution in [0.15, 0.2) is 45.1 Å². The fourth-order valence-corrected chi connectivity index (χ4v) is 2.30. The highest BCUT2D eigenvalue weighted by Crippen LogP contribution is 2.31. The number of halogens is 4. The topological polar surface area (TPSA) is 25.8 Å². The molecule has 0 unspecified atom stereocenters. The summed E-state index contributed by atoms with van der Waals surface area (Å²) in [5, 5.41) is 1.16. The molecule has 0 aromatic carbocycles. The second kappa shape index (κ2) is 5.50. The van der Waals surface area contributed by atoms with Crippen molar-refractivity contribution in [3.63, 3.8) is 0 Å². The van der Waals surface area contributed by atoms with Crippen molar-refractivity contribution in [2.24, 2.45) is 0 Å². The minimum atomic E-state index is -4.36. The molecule has 2 aromatic heterocycles. The van der Waals surface area contributed by atoms with E-state index in [0.29, 0.717) is 10.1 Å². The Bertz CT molecular complexity index is 585. The van der Waals surface area contributed by atoms with Crippen LogP contribution >= 0.6 is 27.7 Å². The van der Waals surface area contributed by atoms with E-state index in [0.717, 1.165) is 22.3 Å². The van der Waals surface area contributed by atoms with Gasteiger partial charge in [-0.2, -0.15) is 13.2 Å². The average Bonchev–Trinajstić information content (AvgIpc) is 2.33. The predicted octanol–water partition coefficient (Wildman–Crippen LogP) is 4.72. The monoisotopic (exact) mass is 348 g/mol. The molecule has 0 aliphatic heterocycles. The van der Waals surface area contributed by atoms with Gasteiger partial charge < -0.3 is 0 Å². The molecule has 0 bridgehead atoms. The molecule has 0 fully saturated rings. The second-order valence-electron chi connectivity index (χ2n) is 3.76. The minimum absolute atomic E-state index is 0.474. The Morgan fingerprint density at radius 1 is 1.11 bits per heavy atom. The largest absolute Gasteiger partial charge is 0.417 e. The minimum Gasteiger partial charge on any atom is -0.249 e.